The van der Waals surface area contributed by atoms with E-state index in [0.717, 1.165) is 10.0 Å². The minimum absolute atomic E-state index is 0.0681. The minimum atomic E-state index is -0.746. The highest BCUT2D eigenvalue weighted by Crippen LogP contribution is 2.45. The molecule has 1 unspecified atom stereocenters. The van der Waals surface area contributed by atoms with Crippen LogP contribution in [0, 0.1) is 11.8 Å². The monoisotopic (exact) mass is 312 g/mol. The summed E-state index contributed by atoms with van der Waals surface area (Å²) in [4.78, 5) is 11.6. The smallest absolute Gasteiger partial charge is 0.307 e. The normalized spacial score (nSPS) is 19.3. The fourth-order valence-corrected chi connectivity index (χ4v) is 3.53. The molecule has 0 bridgehead atoms. The maximum Gasteiger partial charge on any atom is 0.307 e. The lowest BCUT2D eigenvalue weighted by atomic mass is 9.64. The molecule has 0 aliphatic carbocycles. The molecule has 0 amide bonds. The summed E-state index contributed by atoms with van der Waals surface area (Å²) < 4.78 is 6.30. The Labute approximate surface area is 115 Å². The van der Waals surface area contributed by atoms with Crippen molar-refractivity contribution >= 4 is 21.9 Å². The number of carboxylic acids is 1. The number of hydrogen-bond acceptors (Lipinski definition) is 2. The molecule has 2 rings (SSSR count). The highest BCUT2D eigenvalue weighted by atomic mass is 79.9. The van der Waals surface area contributed by atoms with E-state index >= 15 is 0 Å². The van der Waals surface area contributed by atoms with Crippen LogP contribution in [0.5, 0.6) is 0 Å². The molecule has 1 atom stereocenters. The molecule has 0 spiro atoms. The van der Waals surface area contributed by atoms with Crippen molar-refractivity contribution in [1.29, 1.82) is 0 Å². The fourth-order valence-electron chi connectivity index (χ4n) is 2.85. The van der Waals surface area contributed by atoms with Crippen molar-refractivity contribution in [1.82, 2.24) is 0 Å². The van der Waals surface area contributed by atoms with Crippen molar-refractivity contribution in [3.63, 3.8) is 0 Å². The molecule has 1 aliphatic rings. The highest BCUT2D eigenvalue weighted by molar-refractivity contribution is 9.10. The molecule has 1 heterocycles. The van der Waals surface area contributed by atoms with Gasteiger partial charge in [0.05, 0.1) is 24.5 Å². The van der Waals surface area contributed by atoms with Gasteiger partial charge in [-0.2, -0.15) is 0 Å². The molecule has 1 aromatic carbocycles. The maximum atomic E-state index is 11.6. The van der Waals surface area contributed by atoms with Crippen LogP contribution < -0.4 is 0 Å². The summed E-state index contributed by atoms with van der Waals surface area (Å²) >= 11 is 3.52. The number of carbonyl (C=O) groups is 1. The zero-order valence-electron chi connectivity index (χ0n) is 10.5. The summed E-state index contributed by atoms with van der Waals surface area (Å²) in [7, 11) is 0. The van der Waals surface area contributed by atoms with Crippen molar-refractivity contribution < 1.29 is 14.6 Å². The van der Waals surface area contributed by atoms with Gasteiger partial charge in [0.25, 0.3) is 0 Å². The zero-order chi connectivity index (χ0) is 13.3. The first-order chi connectivity index (χ1) is 8.49. The minimum Gasteiger partial charge on any atom is -0.481 e. The highest BCUT2D eigenvalue weighted by Gasteiger charge is 2.52. The van der Waals surface area contributed by atoms with Crippen LogP contribution in [-0.2, 0) is 14.9 Å². The fraction of sp³-hybridized carbons (Fsp3) is 0.500. The molecule has 0 saturated carbocycles. The van der Waals surface area contributed by atoms with E-state index in [9.17, 15) is 9.90 Å². The Morgan fingerprint density at radius 2 is 2.00 bits per heavy atom. The Balaban J connectivity index is 2.48. The van der Waals surface area contributed by atoms with Gasteiger partial charge in [-0.1, -0.05) is 48.0 Å². The van der Waals surface area contributed by atoms with Gasteiger partial charge in [0.1, 0.15) is 0 Å². The van der Waals surface area contributed by atoms with Crippen LogP contribution in [0.15, 0.2) is 28.7 Å². The lowest BCUT2D eigenvalue weighted by Crippen LogP contribution is -2.56. The van der Waals surface area contributed by atoms with E-state index in [2.05, 4.69) is 15.9 Å². The van der Waals surface area contributed by atoms with E-state index in [1.165, 1.54) is 0 Å². The summed E-state index contributed by atoms with van der Waals surface area (Å²) in [6, 6.07) is 7.82. The molecule has 0 aromatic heterocycles. The van der Waals surface area contributed by atoms with Crippen molar-refractivity contribution in [3.8, 4) is 0 Å². The zero-order valence-corrected chi connectivity index (χ0v) is 12.1. The number of rotatable bonds is 4. The summed E-state index contributed by atoms with van der Waals surface area (Å²) in [5.41, 5.74) is 0.637. The molecule has 4 heteroatoms. The molecule has 1 saturated heterocycles. The van der Waals surface area contributed by atoms with Crippen molar-refractivity contribution in [3.05, 3.63) is 34.3 Å². The van der Waals surface area contributed by atoms with Gasteiger partial charge in [0.15, 0.2) is 0 Å². The number of carboxylic acid groups (broad SMARTS) is 1. The number of ether oxygens (including phenoxy) is 1. The Bertz CT molecular complexity index is 452. The Hall–Kier alpha value is -0.870. The maximum absolute atomic E-state index is 11.6. The van der Waals surface area contributed by atoms with Crippen LogP contribution in [-0.4, -0.2) is 24.3 Å². The molecule has 3 nitrogen and oxygen atoms in total. The predicted octanol–water partition coefficient (Wildman–Crippen LogP) is 3.07. The van der Waals surface area contributed by atoms with E-state index in [4.69, 9.17) is 4.74 Å². The van der Waals surface area contributed by atoms with Gasteiger partial charge in [-0.15, -0.1) is 0 Å². The lowest BCUT2D eigenvalue weighted by Gasteiger charge is -2.47. The molecule has 0 radical (unpaired) electrons. The standard InChI is InChI=1S/C14H17BrO3/c1-9(2)12(13(16)17)14(7-18-8-14)10-5-3-4-6-11(10)15/h3-6,9,12H,7-8H2,1-2H3,(H,16,17). The van der Waals surface area contributed by atoms with E-state index in [1.54, 1.807) is 0 Å². The molecule has 1 fully saturated rings. The van der Waals surface area contributed by atoms with Gasteiger partial charge in [0, 0.05) is 4.47 Å². The van der Waals surface area contributed by atoms with Crippen molar-refractivity contribution in [2.45, 2.75) is 19.3 Å². The van der Waals surface area contributed by atoms with Gasteiger partial charge in [-0.05, 0) is 17.5 Å². The van der Waals surface area contributed by atoms with E-state index in [1.807, 2.05) is 38.1 Å². The van der Waals surface area contributed by atoms with Crippen LogP contribution in [0.4, 0.5) is 0 Å². The third-order valence-electron chi connectivity index (χ3n) is 3.66. The number of benzene rings is 1. The summed E-state index contributed by atoms with van der Waals surface area (Å²) in [6.07, 6.45) is 0. The SMILES string of the molecule is CC(C)C(C(=O)O)C1(c2ccccc2Br)COC1. The molecule has 98 valence electrons. The summed E-state index contributed by atoms with van der Waals surface area (Å²) in [5.74, 6) is -1.10. The molecular weight excluding hydrogens is 296 g/mol. The topological polar surface area (TPSA) is 46.5 Å². The second-order valence-electron chi connectivity index (χ2n) is 5.19. The summed E-state index contributed by atoms with van der Waals surface area (Å²) in [6.45, 7) is 4.86. The second-order valence-corrected chi connectivity index (χ2v) is 6.04. The van der Waals surface area contributed by atoms with Crippen LogP contribution in [0.1, 0.15) is 19.4 Å². The summed E-state index contributed by atoms with van der Waals surface area (Å²) in [5, 5.41) is 9.53. The molecule has 1 aromatic rings. The van der Waals surface area contributed by atoms with Crippen LogP contribution in [0.2, 0.25) is 0 Å². The van der Waals surface area contributed by atoms with Crippen LogP contribution in [0.3, 0.4) is 0 Å². The lowest BCUT2D eigenvalue weighted by molar-refractivity contribution is -0.161. The Morgan fingerprint density at radius 1 is 1.39 bits per heavy atom. The number of aliphatic carboxylic acids is 1. The third-order valence-corrected chi connectivity index (χ3v) is 4.35. The third kappa shape index (κ3) is 2.08. The predicted molar refractivity (Wildman–Crippen MR) is 72.6 cm³/mol. The first kappa shape index (κ1) is 13.6. The van der Waals surface area contributed by atoms with Gasteiger partial charge >= 0.3 is 5.97 Å². The quantitative estimate of drug-likeness (QED) is 0.929. The van der Waals surface area contributed by atoms with Gasteiger partial charge in [-0.25, -0.2) is 0 Å². The van der Waals surface area contributed by atoms with Crippen LogP contribution in [0.25, 0.3) is 0 Å². The van der Waals surface area contributed by atoms with Gasteiger partial charge in [-0.3, -0.25) is 4.79 Å². The number of halogens is 1. The van der Waals surface area contributed by atoms with Crippen LogP contribution >= 0.6 is 15.9 Å². The molecule has 18 heavy (non-hydrogen) atoms. The first-order valence-electron chi connectivity index (χ1n) is 6.04. The molecule has 1 N–H and O–H groups in total. The van der Waals surface area contributed by atoms with E-state index in [-0.39, 0.29) is 5.92 Å². The van der Waals surface area contributed by atoms with Crippen molar-refractivity contribution in [2.75, 3.05) is 13.2 Å². The Morgan fingerprint density at radius 3 is 2.39 bits per heavy atom. The first-order valence-corrected chi connectivity index (χ1v) is 6.84. The average Bonchev–Trinajstić information content (AvgIpc) is 2.23. The number of hydrogen-bond donors (Lipinski definition) is 1. The van der Waals surface area contributed by atoms with E-state index in [0.29, 0.717) is 13.2 Å². The van der Waals surface area contributed by atoms with Gasteiger partial charge in [0.2, 0.25) is 0 Å². The molecule has 1 aliphatic heterocycles. The van der Waals surface area contributed by atoms with Crippen molar-refractivity contribution in [2.24, 2.45) is 11.8 Å². The second kappa shape index (κ2) is 5.02. The van der Waals surface area contributed by atoms with E-state index < -0.39 is 17.3 Å². The molecular formula is C14H17BrO3. The average molecular weight is 313 g/mol. The Kier molecular flexibility index (Phi) is 3.78. The van der Waals surface area contributed by atoms with Gasteiger partial charge < -0.3 is 9.84 Å². The largest absolute Gasteiger partial charge is 0.481 e.